The Morgan fingerprint density at radius 2 is 1.86 bits per heavy atom. The van der Waals surface area contributed by atoms with Crippen LogP contribution in [-0.2, 0) is 6.18 Å². The average Bonchev–Trinajstić information content (AvgIpc) is 3.08. The van der Waals surface area contributed by atoms with Crippen molar-refractivity contribution in [3.05, 3.63) is 62.5 Å². The van der Waals surface area contributed by atoms with Crippen LogP contribution in [0.5, 0.6) is 0 Å². The topological polar surface area (TPSA) is 83.0 Å². The van der Waals surface area contributed by atoms with E-state index in [0.717, 1.165) is 25.4 Å². The Bertz CT molecular complexity index is 1060. The number of hydrogen-bond donors (Lipinski definition) is 2. The van der Waals surface area contributed by atoms with Gasteiger partial charge in [0.1, 0.15) is 5.15 Å². The Labute approximate surface area is 167 Å². The molecule has 0 atom stereocenters. The predicted octanol–water partition coefficient (Wildman–Crippen LogP) is 4.85. The summed E-state index contributed by atoms with van der Waals surface area (Å²) in [6, 6.07) is 3.33. The lowest BCUT2D eigenvalue weighted by atomic mass is 10.1. The summed E-state index contributed by atoms with van der Waals surface area (Å²) in [5.41, 5.74) is -0.570. The largest absolute Gasteiger partial charge is 0.416 e. The summed E-state index contributed by atoms with van der Waals surface area (Å²) < 4.78 is 38.9. The number of benzene rings is 1. The number of hydrogen-bond acceptors (Lipinski definition) is 4. The van der Waals surface area contributed by atoms with E-state index in [1.165, 1.54) is 13.0 Å². The number of alkyl halides is 3. The van der Waals surface area contributed by atoms with Gasteiger partial charge in [0.15, 0.2) is 6.29 Å². The zero-order chi connectivity index (χ0) is 21.2. The molecular formula is C18H13Cl2F3N2O3. The van der Waals surface area contributed by atoms with E-state index in [4.69, 9.17) is 28.3 Å². The molecule has 0 spiro atoms. The second kappa shape index (κ2) is 8.30. The maximum Gasteiger partial charge on any atom is 0.416 e. The predicted molar refractivity (Wildman–Crippen MR) is 99.3 cm³/mol. The Hall–Kier alpha value is -2.42. The molecule has 0 unspecified atom stereocenters. The molecule has 2 N–H and O–H groups in total. The fourth-order valence-corrected chi connectivity index (χ4v) is 3.14. The Morgan fingerprint density at radius 3 is 2.43 bits per heavy atom. The lowest BCUT2D eigenvalue weighted by Crippen LogP contribution is -2.06. The van der Waals surface area contributed by atoms with Crippen LogP contribution in [-0.4, -0.2) is 34.3 Å². The Balaban J connectivity index is 0.00000136. The quantitative estimate of drug-likeness (QED) is 0.352. The molecule has 2 heterocycles. The van der Waals surface area contributed by atoms with Gasteiger partial charge in [-0.25, -0.2) is 4.98 Å². The standard InChI is InChI=1S/C17H9Cl2F3N2O2.CH4O/c1-7-2-9(17(20,21)22)3-11-10(7)4-12(24-11)15(26)13-14(18)8(6-25)5-23-16(13)19;1-2/h2-6,24H,1H3;2H,1H3. The van der Waals surface area contributed by atoms with Crippen LogP contribution in [0.25, 0.3) is 10.9 Å². The van der Waals surface area contributed by atoms with Crippen LogP contribution in [0.2, 0.25) is 10.2 Å². The second-order valence-corrected chi connectivity index (χ2v) is 6.31. The maximum atomic E-state index is 13.0. The van der Waals surface area contributed by atoms with Crippen LogP contribution >= 0.6 is 23.2 Å². The molecule has 0 amide bonds. The summed E-state index contributed by atoms with van der Waals surface area (Å²) in [6.07, 6.45) is -2.96. The molecule has 1 aromatic carbocycles. The summed E-state index contributed by atoms with van der Waals surface area (Å²) in [5, 5.41) is 7.07. The maximum absolute atomic E-state index is 13.0. The number of carbonyl (C=O) groups excluding carboxylic acids is 2. The first kappa shape index (κ1) is 21.9. The molecule has 0 saturated carbocycles. The molecule has 0 aliphatic heterocycles. The number of nitrogens with one attached hydrogen (secondary N) is 1. The molecule has 2 aromatic heterocycles. The molecule has 0 aliphatic rings. The third kappa shape index (κ3) is 4.04. The van der Waals surface area contributed by atoms with Crippen molar-refractivity contribution in [1.82, 2.24) is 9.97 Å². The number of ketones is 1. The molecular weight excluding hydrogens is 420 g/mol. The smallest absolute Gasteiger partial charge is 0.400 e. The molecule has 3 aromatic rings. The first-order valence-corrected chi connectivity index (χ1v) is 8.38. The number of pyridine rings is 1. The Kier molecular flexibility index (Phi) is 6.48. The summed E-state index contributed by atoms with van der Waals surface area (Å²) >= 11 is 12.0. The molecule has 0 radical (unpaired) electrons. The summed E-state index contributed by atoms with van der Waals surface area (Å²) in [7, 11) is 1.00. The van der Waals surface area contributed by atoms with Gasteiger partial charge in [0.05, 0.1) is 27.4 Å². The van der Waals surface area contributed by atoms with Gasteiger partial charge in [-0.15, -0.1) is 0 Å². The number of nitrogens with zero attached hydrogens (tertiary/aromatic N) is 1. The van der Waals surface area contributed by atoms with Crippen molar-refractivity contribution in [2.24, 2.45) is 0 Å². The number of aliphatic hydroxyl groups is 1. The molecule has 0 bridgehead atoms. The zero-order valence-corrected chi connectivity index (χ0v) is 16.0. The van der Waals surface area contributed by atoms with Crippen molar-refractivity contribution in [2.75, 3.05) is 7.11 Å². The highest BCUT2D eigenvalue weighted by atomic mass is 35.5. The van der Waals surface area contributed by atoms with E-state index in [2.05, 4.69) is 9.97 Å². The fraction of sp³-hybridized carbons (Fsp3) is 0.167. The summed E-state index contributed by atoms with van der Waals surface area (Å²) in [5.74, 6) is -0.680. The highest BCUT2D eigenvalue weighted by Crippen LogP contribution is 2.34. The van der Waals surface area contributed by atoms with Gasteiger partial charge in [-0.1, -0.05) is 23.2 Å². The highest BCUT2D eigenvalue weighted by Gasteiger charge is 2.31. The minimum absolute atomic E-state index is 0.0175. The highest BCUT2D eigenvalue weighted by molar-refractivity contribution is 6.41. The van der Waals surface area contributed by atoms with E-state index in [0.29, 0.717) is 17.2 Å². The number of fused-ring (bicyclic) bond motifs is 1. The van der Waals surface area contributed by atoms with Crippen molar-refractivity contribution in [3.63, 3.8) is 0 Å². The normalized spacial score (nSPS) is 11.1. The van der Waals surface area contributed by atoms with E-state index in [1.54, 1.807) is 0 Å². The van der Waals surface area contributed by atoms with E-state index in [1.807, 2.05) is 0 Å². The van der Waals surface area contributed by atoms with E-state index in [9.17, 15) is 22.8 Å². The number of aromatic nitrogens is 2. The van der Waals surface area contributed by atoms with E-state index < -0.39 is 17.5 Å². The number of rotatable bonds is 3. The molecule has 0 aliphatic carbocycles. The number of halogens is 5. The number of aliphatic hydroxyl groups excluding tert-OH is 1. The SMILES string of the molecule is CO.Cc1cc(C(F)(F)F)cc2[nH]c(C(=O)c3c(Cl)ncc(C=O)c3Cl)cc12. The molecule has 0 fully saturated rings. The third-order valence-electron chi connectivity index (χ3n) is 3.87. The summed E-state index contributed by atoms with van der Waals surface area (Å²) in [4.78, 5) is 30.1. The molecule has 148 valence electrons. The van der Waals surface area contributed by atoms with Crippen LogP contribution < -0.4 is 0 Å². The van der Waals surface area contributed by atoms with Gasteiger partial charge in [-0.3, -0.25) is 9.59 Å². The van der Waals surface area contributed by atoms with Gasteiger partial charge in [0, 0.05) is 24.2 Å². The van der Waals surface area contributed by atoms with Crippen molar-refractivity contribution in [3.8, 4) is 0 Å². The molecule has 28 heavy (non-hydrogen) atoms. The molecule has 10 heteroatoms. The lowest BCUT2D eigenvalue weighted by Gasteiger charge is -2.07. The van der Waals surface area contributed by atoms with Gasteiger partial charge in [0.25, 0.3) is 0 Å². The summed E-state index contributed by atoms with van der Waals surface area (Å²) in [6.45, 7) is 1.51. The van der Waals surface area contributed by atoms with Crippen LogP contribution in [0.1, 0.15) is 37.5 Å². The van der Waals surface area contributed by atoms with Crippen LogP contribution in [0, 0.1) is 6.92 Å². The van der Waals surface area contributed by atoms with Crippen LogP contribution in [0.15, 0.2) is 24.4 Å². The third-order valence-corrected chi connectivity index (χ3v) is 4.56. The van der Waals surface area contributed by atoms with E-state index >= 15 is 0 Å². The first-order valence-electron chi connectivity index (χ1n) is 7.62. The van der Waals surface area contributed by atoms with Crippen LogP contribution in [0.3, 0.4) is 0 Å². The Morgan fingerprint density at radius 1 is 1.21 bits per heavy atom. The van der Waals surface area contributed by atoms with Crippen molar-refractivity contribution >= 4 is 46.2 Å². The average molecular weight is 433 g/mol. The van der Waals surface area contributed by atoms with Crippen molar-refractivity contribution in [2.45, 2.75) is 13.1 Å². The van der Waals surface area contributed by atoms with Crippen LogP contribution in [0.4, 0.5) is 13.2 Å². The van der Waals surface area contributed by atoms with Gasteiger partial charge in [-0.05, 0) is 30.7 Å². The fourth-order valence-electron chi connectivity index (χ4n) is 2.60. The number of carbonyl (C=O) groups is 2. The molecule has 0 saturated heterocycles. The number of aromatic amines is 1. The second-order valence-electron chi connectivity index (χ2n) is 5.58. The van der Waals surface area contributed by atoms with Gasteiger partial charge >= 0.3 is 6.18 Å². The van der Waals surface area contributed by atoms with Gasteiger partial charge < -0.3 is 10.1 Å². The van der Waals surface area contributed by atoms with Crippen molar-refractivity contribution < 1.29 is 27.9 Å². The number of H-pyrrole nitrogens is 1. The minimum Gasteiger partial charge on any atom is -0.400 e. The lowest BCUT2D eigenvalue weighted by molar-refractivity contribution is -0.137. The van der Waals surface area contributed by atoms with Gasteiger partial charge in [-0.2, -0.15) is 13.2 Å². The van der Waals surface area contributed by atoms with E-state index in [-0.39, 0.29) is 32.5 Å². The molecule has 5 nitrogen and oxygen atoms in total. The first-order chi connectivity index (χ1) is 13.1. The van der Waals surface area contributed by atoms with Gasteiger partial charge in [0.2, 0.25) is 5.78 Å². The number of aldehydes is 1. The monoisotopic (exact) mass is 432 g/mol. The number of aryl methyl sites for hydroxylation is 1. The molecule has 3 rings (SSSR count). The van der Waals surface area contributed by atoms with Crippen molar-refractivity contribution in [1.29, 1.82) is 0 Å². The minimum atomic E-state index is -4.51. The zero-order valence-electron chi connectivity index (χ0n) is 14.5.